The van der Waals surface area contributed by atoms with Crippen LogP contribution in [-0.4, -0.2) is 26.1 Å². The number of rotatable bonds is 7. The summed E-state index contributed by atoms with van der Waals surface area (Å²) < 4.78 is 3.89. The van der Waals surface area contributed by atoms with Crippen LogP contribution < -0.4 is 11.1 Å². The summed E-state index contributed by atoms with van der Waals surface area (Å²) in [6, 6.07) is 1.94. The summed E-state index contributed by atoms with van der Waals surface area (Å²) in [5.74, 6) is 0.944. The maximum absolute atomic E-state index is 6.05. The molecule has 0 bridgehead atoms. The van der Waals surface area contributed by atoms with E-state index in [1.54, 1.807) is 6.20 Å². The van der Waals surface area contributed by atoms with E-state index in [-0.39, 0.29) is 0 Å². The lowest BCUT2D eigenvalue weighted by Crippen LogP contribution is -2.12. The number of aromatic nitrogens is 4. The van der Waals surface area contributed by atoms with Gasteiger partial charge in [0.1, 0.15) is 5.82 Å². The second-order valence-electron chi connectivity index (χ2n) is 4.62. The third-order valence-electron chi connectivity index (χ3n) is 3.02. The number of nitrogens with zero attached hydrogens (tertiary/aromatic N) is 4. The summed E-state index contributed by atoms with van der Waals surface area (Å²) in [5.41, 5.74) is 7.70. The van der Waals surface area contributed by atoms with Gasteiger partial charge in [0.2, 0.25) is 0 Å². The highest BCUT2D eigenvalue weighted by molar-refractivity contribution is 5.64. The molecule has 6 heteroatoms. The summed E-state index contributed by atoms with van der Waals surface area (Å²) in [6.45, 7) is 6.73. The Kier molecular flexibility index (Phi) is 4.43. The first-order valence-corrected chi connectivity index (χ1v) is 6.76. The lowest BCUT2D eigenvalue weighted by atomic mass is 10.3. The van der Waals surface area contributed by atoms with Gasteiger partial charge in [-0.25, -0.2) is 4.68 Å². The summed E-state index contributed by atoms with van der Waals surface area (Å²) in [6.07, 6.45) is 5.81. The predicted octanol–water partition coefficient (Wildman–Crippen LogP) is 1.88. The summed E-state index contributed by atoms with van der Waals surface area (Å²) in [7, 11) is 0. The fourth-order valence-electron chi connectivity index (χ4n) is 2.04. The minimum atomic E-state index is 0.757. The molecule has 0 aromatic carbocycles. The van der Waals surface area contributed by atoms with Crippen LogP contribution in [0.3, 0.4) is 0 Å². The molecule has 2 rings (SSSR count). The van der Waals surface area contributed by atoms with Crippen molar-refractivity contribution in [1.29, 1.82) is 0 Å². The number of hydrogen-bond donors (Lipinski definition) is 2. The normalized spacial score (nSPS) is 10.8. The van der Waals surface area contributed by atoms with Gasteiger partial charge in [0.05, 0.1) is 11.4 Å². The van der Waals surface area contributed by atoms with E-state index in [2.05, 4.69) is 22.4 Å². The van der Waals surface area contributed by atoms with Crippen LogP contribution in [0.1, 0.15) is 25.5 Å². The van der Waals surface area contributed by atoms with Crippen molar-refractivity contribution in [1.82, 2.24) is 19.6 Å². The first kappa shape index (κ1) is 13.5. The molecule has 0 spiro atoms. The Hall–Kier alpha value is -1.98. The Bertz CT molecular complexity index is 499. The lowest BCUT2D eigenvalue weighted by Gasteiger charge is -2.10. The molecule has 0 fully saturated rings. The van der Waals surface area contributed by atoms with E-state index in [4.69, 9.17) is 5.73 Å². The molecule has 6 nitrogen and oxygen atoms in total. The maximum Gasteiger partial charge on any atom is 0.148 e. The number of hydrogen-bond acceptors (Lipinski definition) is 4. The van der Waals surface area contributed by atoms with Crippen molar-refractivity contribution in [2.75, 3.05) is 17.6 Å². The van der Waals surface area contributed by atoms with Gasteiger partial charge in [-0.1, -0.05) is 6.92 Å². The minimum absolute atomic E-state index is 0.757. The van der Waals surface area contributed by atoms with E-state index in [0.29, 0.717) is 0 Å². The molecule has 0 amide bonds. The molecule has 0 atom stereocenters. The van der Waals surface area contributed by atoms with Crippen molar-refractivity contribution in [3.63, 3.8) is 0 Å². The van der Waals surface area contributed by atoms with Crippen LogP contribution in [0.25, 0.3) is 0 Å². The van der Waals surface area contributed by atoms with Gasteiger partial charge in [-0.3, -0.25) is 4.68 Å². The maximum atomic E-state index is 6.05. The molecule has 0 saturated heterocycles. The second-order valence-corrected chi connectivity index (χ2v) is 4.62. The fourth-order valence-corrected chi connectivity index (χ4v) is 2.04. The molecule has 3 N–H and O–H groups in total. The van der Waals surface area contributed by atoms with Gasteiger partial charge in [-0.2, -0.15) is 10.2 Å². The van der Waals surface area contributed by atoms with Crippen molar-refractivity contribution in [3.05, 3.63) is 24.2 Å². The zero-order valence-corrected chi connectivity index (χ0v) is 11.6. The molecular formula is C13H22N6. The second kappa shape index (κ2) is 6.26. The molecule has 0 aliphatic carbocycles. The predicted molar refractivity (Wildman–Crippen MR) is 77.0 cm³/mol. The number of nitrogens with two attached hydrogens (primary N) is 1. The summed E-state index contributed by atoms with van der Waals surface area (Å²) in [5, 5.41) is 12.0. The van der Waals surface area contributed by atoms with Crippen LogP contribution in [0.2, 0.25) is 0 Å². The van der Waals surface area contributed by atoms with E-state index in [9.17, 15) is 0 Å². The molecule has 0 aliphatic rings. The number of anilines is 2. The van der Waals surface area contributed by atoms with Gasteiger partial charge in [-0.05, 0) is 25.8 Å². The van der Waals surface area contributed by atoms with Crippen molar-refractivity contribution in [3.8, 4) is 0 Å². The quantitative estimate of drug-likeness (QED) is 0.747. The van der Waals surface area contributed by atoms with Gasteiger partial charge in [0.25, 0.3) is 0 Å². The molecule has 0 saturated carbocycles. The van der Waals surface area contributed by atoms with Crippen LogP contribution in [-0.2, 0) is 13.1 Å². The number of aryl methyl sites for hydroxylation is 3. The van der Waals surface area contributed by atoms with Crippen LogP contribution in [0.5, 0.6) is 0 Å². The molecule has 2 aromatic rings. The van der Waals surface area contributed by atoms with Crippen molar-refractivity contribution in [2.24, 2.45) is 0 Å². The zero-order valence-electron chi connectivity index (χ0n) is 11.6. The monoisotopic (exact) mass is 262 g/mol. The topological polar surface area (TPSA) is 73.7 Å². The molecule has 19 heavy (non-hydrogen) atoms. The SMILES string of the molecule is CCCn1nc(C)c(N)c1NCCCn1cccn1. The van der Waals surface area contributed by atoms with Crippen LogP contribution in [0.4, 0.5) is 11.5 Å². The highest BCUT2D eigenvalue weighted by atomic mass is 15.3. The Morgan fingerprint density at radius 3 is 2.89 bits per heavy atom. The first-order valence-electron chi connectivity index (χ1n) is 6.76. The van der Waals surface area contributed by atoms with Crippen LogP contribution >= 0.6 is 0 Å². The number of nitrogen functional groups attached to an aromatic ring is 1. The zero-order chi connectivity index (χ0) is 13.7. The highest BCUT2D eigenvalue weighted by Crippen LogP contribution is 2.22. The minimum Gasteiger partial charge on any atom is -0.394 e. The molecule has 2 heterocycles. The first-order chi connectivity index (χ1) is 9.22. The van der Waals surface area contributed by atoms with Crippen molar-refractivity contribution < 1.29 is 0 Å². The van der Waals surface area contributed by atoms with Gasteiger partial charge in [-0.15, -0.1) is 0 Å². The van der Waals surface area contributed by atoms with Gasteiger partial charge in [0.15, 0.2) is 0 Å². The number of nitrogens with one attached hydrogen (secondary N) is 1. The molecule has 0 radical (unpaired) electrons. The average molecular weight is 262 g/mol. The van der Waals surface area contributed by atoms with Crippen LogP contribution in [0, 0.1) is 6.92 Å². The largest absolute Gasteiger partial charge is 0.394 e. The third kappa shape index (κ3) is 3.27. The Morgan fingerprint density at radius 2 is 2.21 bits per heavy atom. The Labute approximate surface area is 113 Å². The van der Waals surface area contributed by atoms with Crippen molar-refractivity contribution in [2.45, 2.75) is 39.8 Å². The molecule has 2 aromatic heterocycles. The fraction of sp³-hybridized carbons (Fsp3) is 0.538. The van der Waals surface area contributed by atoms with E-state index >= 15 is 0 Å². The standard InChI is InChI=1S/C13H22N6/c1-3-8-19-13(12(14)11(2)17-19)15-6-4-9-18-10-5-7-16-18/h5,7,10,15H,3-4,6,8-9,14H2,1-2H3. The Morgan fingerprint density at radius 1 is 1.37 bits per heavy atom. The molecule has 0 aliphatic heterocycles. The highest BCUT2D eigenvalue weighted by Gasteiger charge is 2.10. The van der Waals surface area contributed by atoms with Gasteiger partial charge in [0, 0.05) is 32.0 Å². The van der Waals surface area contributed by atoms with Crippen molar-refractivity contribution >= 4 is 11.5 Å². The smallest absolute Gasteiger partial charge is 0.148 e. The third-order valence-corrected chi connectivity index (χ3v) is 3.02. The molecule has 0 unspecified atom stereocenters. The van der Waals surface area contributed by atoms with E-state index in [1.807, 2.05) is 28.6 Å². The van der Waals surface area contributed by atoms with E-state index in [1.165, 1.54) is 0 Å². The summed E-state index contributed by atoms with van der Waals surface area (Å²) in [4.78, 5) is 0. The van der Waals surface area contributed by atoms with Crippen LogP contribution in [0.15, 0.2) is 18.5 Å². The van der Waals surface area contributed by atoms with Gasteiger partial charge < -0.3 is 11.1 Å². The van der Waals surface area contributed by atoms with E-state index < -0.39 is 0 Å². The Balaban J connectivity index is 1.88. The molecule has 104 valence electrons. The lowest BCUT2D eigenvalue weighted by molar-refractivity contribution is 0.581. The summed E-state index contributed by atoms with van der Waals surface area (Å²) >= 11 is 0. The molecular weight excluding hydrogens is 240 g/mol. The van der Waals surface area contributed by atoms with Gasteiger partial charge >= 0.3 is 0 Å². The van der Waals surface area contributed by atoms with E-state index in [0.717, 1.165) is 49.7 Å². The average Bonchev–Trinajstić information content (AvgIpc) is 2.98.